The monoisotopic (exact) mass is 472 g/mol. The lowest BCUT2D eigenvalue weighted by molar-refractivity contribution is 0.0679. The predicted octanol–water partition coefficient (Wildman–Crippen LogP) is 3.52. The van der Waals surface area contributed by atoms with Gasteiger partial charge in [0.05, 0.1) is 25.9 Å². The molecule has 184 valence electrons. The van der Waals surface area contributed by atoms with Crippen molar-refractivity contribution in [1.82, 2.24) is 10.9 Å². The number of hydrogen-bond donors (Lipinski definition) is 2. The number of amides is 2. The smallest absolute Gasteiger partial charge is 0.269 e. The van der Waals surface area contributed by atoms with Gasteiger partial charge in [-0.05, 0) is 70.0 Å². The van der Waals surface area contributed by atoms with Gasteiger partial charge in [0.2, 0.25) is 5.75 Å². The zero-order chi connectivity index (χ0) is 24.3. The molecule has 1 atom stereocenters. The van der Waals surface area contributed by atoms with Crippen LogP contribution in [-0.2, 0) is 4.74 Å². The third-order valence-corrected chi connectivity index (χ3v) is 5.04. The summed E-state index contributed by atoms with van der Waals surface area (Å²) in [6, 6.07) is 9.78. The Bertz CT molecular complexity index is 929. The van der Waals surface area contributed by atoms with Crippen molar-refractivity contribution in [2.24, 2.45) is 0 Å². The van der Waals surface area contributed by atoms with Gasteiger partial charge in [0.1, 0.15) is 12.4 Å². The number of benzene rings is 2. The second-order valence-corrected chi connectivity index (χ2v) is 7.48. The first kappa shape index (κ1) is 25.2. The maximum absolute atomic E-state index is 12.7. The van der Waals surface area contributed by atoms with E-state index in [1.807, 2.05) is 20.8 Å². The summed E-state index contributed by atoms with van der Waals surface area (Å²) in [5.41, 5.74) is 5.48. The fourth-order valence-corrected chi connectivity index (χ4v) is 3.45. The second kappa shape index (κ2) is 12.7. The van der Waals surface area contributed by atoms with Crippen LogP contribution in [0.15, 0.2) is 36.4 Å². The van der Waals surface area contributed by atoms with Crippen molar-refractivity contribution in [3.05, 3.63) is 47.5 Å². The molecule has 2 amide bonds. The maximum Gasteiger partial charge on any atom is 0.269 e. The summed E-state index contributed by atoms with van der Waals surface area (Å²) in [4.78, 5) is 25.2. The van der Waals surface area contributed by atoms with Gasteiger partial charge in [0.25, 0.3) is 11.8 Å². The molecular weight excluding hydrogens is 440 g/mol. The zero-order valence-corrected chi connectivity index (χ0v) is 19.8. The average molecular weight is 473 g/mol. The Kier molecular flexibility index (Phi) is 9.40. The van der Waals surface area contributed by atoms with Crippen molar-refractivity contribution in [1.29, 1.82) is 0 Å². The number of ether oxygens (including phenoxy) is 5. The molecule has 0 aliphatic carbocycles. The van der Waals surface area contributed by atoms with Gasteiger partial charge >= 0.3 is 0 Å². The molecule has 1 unspecified atom stereocenters. The third kappa shape index (κ3) is 6.77. The molecule has 1 saturated heterocycles. The number of rotatable bonds is 11. The fraction of sp³-hybridized carbons (Fsp3) is 0.440. The van der Waals surface area contributed by atoms with Gasteiger partial charge in [0, 0.05) is 17.7 Å². The van der Waals surface area contributed by atoms with Gasteiger partial charge in [0.15, 0.2) is 11.5 Å². The number of hydrogen-bond acceptors (Lipinski definition) is 7. The minimum Gasteiger partial charge on any atom is -0.491 e. The van der Waals surface area contributed by atoms with Crippen LogP contribution in [0, 0.1) is 0 Å². The Labute approximate surface area is 199 Å². The summed E-state index contributed by atoms with van der Waals surface area (Å²) in [6.07, 6.45) is 2.16. The standard InChI is InChI=1S/C25H32N2O7/c1-4-30-21-14-18(15-22(31-5-2)23(21)32-6-3)25(29)27-26-24(28)17-9-11-19(12-10-17)34-16-20-8-7-13-33-20/h9-12,14-15,20H,4-8,13,16H2,1-3H3,(H,26,28)(H,27,29). The molecule has 2 N–H and O–H groups in total. The molecular formula is C25H32N2O7. The Balaban J connectivity index is 1.61. The van der Waals surface area contributed by atoms with E-state index in [2.05, 4.69) is 10.9 Å². The Morgan fingerprint density at radius 2 is 1.44 bits per heavy atom. The molecule has 1 aliphatic rings. The fourth-order valence-electron chi connectivity index (χ4n) is 3.45. The van der Waals surface area contributed by atoms with Gasteiger partial charge in [-0.15, -0.1) is 0 Å². The molecule has 0 spiro atoms. The highest BCUT2D eigenvalue weighted by Crippen LogP contribution is 2.39. The average Bonchev–Trinajstić information content (AvgIpc) is 3.37. The molecule has 0 aromatic heterocycles. The number of carbonyl (C=O) groups is 2. The van der Waals surface area contributed by atoms with Crippen LogP contribution in [0.3, 0.4) is 0 Å². The first-order valence-corrected chi connectivity index (χ1v) is 11.6. The molecule has 34 heavy (non-hydrogen) atoms. The maximum atomic E-state index is 12.7. The summed E-state index contributed by atoms with van der Waals surface area (Å²) in [5.74, 6) is 0.900. The Morgan fingerprint density at radius 3 is 1.97 bits per heavy atom. The van der Waals surface area contributed by atoms with E-state index in [4.69, 9.17) is 23.7 Å². The highest BCUT2D eigenvalue weighted by molar-refractivity contribution is 5.99. The van der Waals surface area contributed by atoms with E-state index < -0.39 is 11.8 Å². The van der Waals surface area contributed by atoms with Crippen LogP contribution in [0.1, 0.15) is 54.3 Å². The van der Waals surface area contributed by atoms with Crippen molar-refractivity contribution in [2.45, 2.75) is 39.7 Å². The van der Waals surface area contributed by atoms with Gasteiger partial charge in [-0.2, -0.15) is 0 Å². The third-order valence-electron chi connectivity index (χ3n) is 5.04. The molecule has 2 aromatic rings. The summed E-state index contributed by atoms with van der Waals surface area (Å²) in [5, 5.41) is 0. The predicted molar refractivity (Wildman–Crippen MR) is 126 cm³/mol. The van der Waals surface area contributed by atoms with Crippen LogP contribution in [0.2, 0.25) is 0 Å². The van der Waals surface area contributed by atoms with Gasteiger partial charge in [-0.25, -0.2) is 0 Å². The number of carbonyl (C=O) groups excluding carboxylic acids is 2. The normalized spacial score (nSPS) is 14.9. The summed E-state index contributed by atoms with van der Waals surface area (Å²) < 4.78 is 28.2. The molecule has 1 fully saturated rings. The number of hydrazine groups is 1. The highest BCUT2D eigenvalue weighted by Gasteiger charge is 2.19. The summed E-state index contributed by atoms with van der Waals surface area (Å²) in [6.45, 7) is 7.97. The van der Waals surface area contributed by atoms with Crippen LogP contribution in [0.5, 0.6) is 23.0 Å². The number of nitrogens with one attached hydrogen (secondary N) is 2. The van der Waals surface area contributed by atoms with E-state index in [1.165, 1.54) is 0 Å². The van der Waals surface area contributed by atoms with Crippen LogP contribution in [0.4, 0.5) is 0 Å². The quantitative estimate of drug-likeness (QED) is 0.482. The van der Waals surface area contributed by atoms with Crippen molar-refractivity contribution >= 4 is 11.8 Å². The van der Waals surface area contributed by atoms with Crippen LogP contribution < -0.4 is 29.8 Å². The first-order valence-electron chi connectivity index (χ1n) is 11.6. The van der Waals surface area contributed by atoms with Crippen molar-refractivity contribution in [2.75, 3.05) is 33.0 Å². The van der Waals surface area contributed by atoms with E-state index in [1.54, 1.807) is 36.4 Å². The van der Waals surface area contributed by atoms with Crippen LogP contribution >= 0.6 is 0 Å². The van der Waals surface area contributed by atoms with E-state index >= 15 is 0 Å². The molecule has 9 nitrogen and oxygen atoms in total. The molecule has 0 radical (unpaired) electrons. The molecule has 2 aromatic carbocycles. The van der Waals surface area contributed by atoms with Crippen molar-refractivity contribution in [3.63, 3.8) is 0 Å². The minimum absolute atomic E-state index is 0.118. The zero-order valence-electron chi connectivity index (χ0n) is 19.8. The Hall–Kier alpha value is -3.46. The van der Waals surface area contributed by atoms with Crippen LogP contribution in [-0.4, -0.2) is 51.0 Å². The van der Waals surface area contributed by atoms with Gasteiger partial charge < -0.3 is 23.7 Å². The molecule has 0 bridgehead atoms. The minimum atomic E-state index is -0.519. The second-order valence-electron chi connectivity index (χ2n) is 7.48. The molecule has 3 rings (SSSR count). The largest absolute Gasteiger partial charge is 0.491 e. The highest BCUT2D eigenvalue weighted by atomic mass is 16.5. The SMILES string of the molecule is CCOc1cc(C(=O)NNC(=O)c2ccc(OCC3CCCO3)cc2)cc(OCC)c1OCC. The first-order chi connectivity index (χ1) is 16.5. The van der Waals surface area contributed by atoms with E-state index in [9.17, 15) is 9.59 Å². The van der Waals surface area contributed by atoms with Crippen molar-refractivity contribution < 1.29 is 33.3 Å². The molecule has 9 heteroatoms. The van der Waals surface area contributed by atoms with Gasteiger partial charge in [-0.3, -0.25) is 20.4 Å². The van der Waals surface area contributed by atoms with E-state index in [0.29, 0.717) is 55.0 Å². The van der Waals surface area contributed by atoms with E-state index in [0.717, 1.165) is 19.4 Å². The Morgan fingerprint density at radius 1 is 0.853 bits per heavy atom. The van der Waals surface area contributed by atoms with Gasteiger partial charge in [-0.1, -0.05) is 0 Å². The summed E-state index contributed by atoms with van der Waals surface area (Å²) >= 11 is 0. The lowest BCUT2D eigenvalue weighted by Crippen LogP contribution is -2.41. The summed E-state index contributed by atoms with van der Waals surface area (Å²) in [7, 11) is 0. The molecule has 1 aliphatic heterocycles. The lowest BCUT2D eigenvalue weighted by atomic mass is 10.1. The lowest BCUT2D eigenvalue weighted by Gasteiger charge is -2.17. The molecule has 0 saturated carbocycles. The molecule has 1 heterocycles. The topological polar surface area (TPSA) is 104 Å². The van der Waals surface area contributed by atoms with Crippen LogP contribution in [0.25, 0.3) is 0 Å². The van der Waals surface area contributed by atoms with E-state index in [-0.39, 0.29) is 11.7 Å². The van der Waals surface area contributed by atoms with Crippen molar-refractivity contribution in [3.8, 4) is 23.0 Å².